The van der Waals surface area contributed by atoms with Crippen LogP contribution in [0.1, 0.15) is 54.8 Å². The molecule has 18 heavy (non-hydrogen) atoms. The summed E-state index contributed by atoms with van der Waals surface area (Å²) in [6, 6.07) is 9.13. The summed E-state index contributed by atoms with van der Waals surface area (Å²) >= 11 is 0. The van der Waals surface area contributed by atoms with Crippen molar-refractivity contribution in [3.63, 3.8) is 0 Å². The number of hydrogen-bond donors (Lipinski definition) is 1. The van der Waals surface area contributed by atoms with Crippen molar-refractivity contribution < 1.29 is 0 Å². The van der Waals surface area contributed by atoms with Gasteiger partial charge in [-0.1, -0.05) is 43.0 Å². The summed E-state index contributed by atoms with van der Waals surface area (Å²) in [6.45, 7) is 4.17. The first kappa shape index (κ1) is 13.1. The molecule has 2 rings (SSSR count). The third-order valence-corrected chi connectivity index (χ3v) is 3.88. The first-order valence-corrected chi connectivity index (χ1v) is 6.93. The molecule has 0 bridgehead atoms. The minimum absolute atomic E-state index is 0.159. The number of nitrogens with zero attached hydrogens (tertiary/aromatic N) is 1. The second-order valence-corrected chi connectivity index (χ2v) is 5.42. The van der Waals surface area contributed by atoms with E-state index in [0.29, 0.717) is 6.04 Å². The molecule has 2 heteroatoms. The van der Waals surface area contributed by atoms with Crippen molar-refractivity contribution in [3.05, 3.63) is 34.9 Å². The molecule has 0 saturated heterocycles. The fourth-order valence-electron chi connectivity index (χ4n) is 2.77. The maximum absolute atomic E-state index is 9.41. The molecule has 96 valence electrons. The lowest BCUT2D eigenvalue weighted by Gasteiger charge is -2.26. The van der Waals surface area contributed by atoms with Gasteiger partial charge in [0, 0.05) is 6.04 Å². The van der Waals surface area contributed by atoms with Crippen LogP contribution in [0.5, 0.6) is 0 Å². The summed E-state index contributed by atoms with van der Waals surface area (Å²) in [5.41, 5.74) is 3.57. The van der Waals surface area contributed by atoms with E-state index in [9.17, 15) is 5.26 Å². The average molecular weight is 242 g/mol. The average Bonchev–Trinajstić information content (AvgIpc) is 2.40. The predicted octanol–water partition coefficient (Wildman–Crippen LogP) is 3.79. The fraction of sp³-hybridized carbons (Fsp3) is 0.562. The van der Waals surface area contributed by atoms with Crippen LogP contribution in [0, 0.1) is 25.2 Å². The minimum atomic E-state index is -0.159. The maximum atomic E-state index is 9.41. The zero-order chi connectivity index (χ0) is 13.0. The number of nitriles is 1. The Morgan fingerprint density at radius 2 is 1.94 bits per heavy atom. The number of nitrogens with one attached hydrogen (secondary N) is 1. The van der Waals surface area contributed by atoms with Gasteiger partial charge in [0.25, 0.3) is 0 Å². The zero-order valence-electron chi connectivity index (χ0n) is 11.4. The summed E-state index contributed by atoms with van der Waals surface area (Å²) in [5, 5.41) is 12.9. The molecule has 0 aromatic heterocycles. The van der Waals surface area contributed by atoms with Crippen LogP contribution in [0.3, 0.4) is 0 Å². The normalized spacial score (nSPS) is 18.3. The topological polar surface area (TPSA) is 35.8 Å². The van der Waals surface area contributed by atoms with Gasteiger partial charge in [0.05, 0.1) is 6.07 Å². The second-order valence-electron chi connectivity index (χ2n) is 5.42. The molecule has 1 aliphatic carbocycles. The summed E-state index contributed by atoms with van der Waals surface area (Å²) in [5.74, 6) is 0. The van der Waals surface area contributed by atoms with Crippen LogP contribution >= 0.6 is 0 Å². The SMILES string of the molecule is Cc1ccc(C)c(C(C#N)NC2CCCCC2)c1. The second kappa shape index (κ2) is 6.02. The molecule has 1 aliphatic rings. The summed E-state index contributed by atoms with van der Waals surface area (Å²) in [4.78, 5) is 0. The van der Waals surface area contributed by atoms with Gasteiger partial charge in [-0.25, -0.2) is 0 Å². The summed E-state index contributed by atoms with van der Waals surface area (Å²) < 4.78 is 0. The molecule has 0 aliphatic heterocycles. The Hall–Kier alpha value is -1.33. The van der Waals surface area contributed by atoms with Crippen LogP contribution in [0.2, 0.25) is 0 Å². The highest BCUT2D eigenvalue weighted by Gasteiger charge is 2.19. The molecule has 0 spiro atoms. The van der Waals surface area contributed by atoms with E-state index in [0.717, 1.165) is 5.56 Å². The van der Waals surface area contributed by atoms with E-state index in [-0.39, 0.29) is 6.04 Å². The monoisotopic (exact) mass is 242 g/mol. The van der Waals surface area contributed by atoms with Gasteiger partial charge < -0.3 is 0 Å². The minimum Gasteiger partial charge on any atom is -0.295 e. The Bertz CT molecular complexity index is 439. The van der Waals surface area contributed by atoms with Crippen molar-refractivity contribution in [1.29, 1.82) is 5.26 Å². The molecule has 1 saturated carbocycles. The van der Waals surface area contributed by atoms with Gasteiger partial charge in [-0.15, -0.1) is 0 Å². The van der Waals surface area contributed by atoms with Gasteiger partial charge in [0.2, 0.25) is 0 Å². The molecular formula is C16H22N2. The molecule has 2 nitrogen and oxygen atoms in total. The molecule has 1 N–H and O–H groups in total. The van der Waals surface area contributed by atoms with Crippen LogP contribution in [0.4, 0.5) is 0 Å². The van der Waals surface area contributed by atoms with E-state index in [1.165, 1.54) is 43.2 Å². The lowest BCUT2D eigenvalue weighted by Crippen LogP contribution is -2.34. The molecule has 1 fully saturated rings. The quantitative estimate of drug-likeness (QED) is 0.875. The van der Waals surface area contributed by atoms with E-state index in [4.69, 9.17) is 0 Å². The van der Waals surface area contributed by atoms with Gasteiger partial charge in [-0.2, -0.15) is 5.26 Å². The van der Waals surface area contributed by atoms with E-state index >= 15 is 0 Å². The highest BCUT2D eigenvalue weighted by molar-refractivity contribution is 5.35. The molecule has 1 aromatic rings. The van der Waals surface area contributed by atoms with Gasteiger partial charge in [0.1, 0.15) is 6.04 Å². The molecule has 1 aromatic carbocycles. The van der Waals surface area contributed by atoms with Gasteiger partial charge >= 0.3 is 0 Å². The molecule has 1 atom stereocenters. The van der Waals surface area contributed by atoms with Crippen molar-refractivity contribution >= 4 is 0 Å². The van der Waals surface area contributed by atoms with Crippen LogP contribution in [0.15, 0.2) is 18.2 Å². The highest BCUT2D eigenvalue weighted by atomic mass is 14.9. The number of benzene rings is 1. The van der Waals surface area contributed by atoms with Gasteiger partial charge in [0.15, 0.2) is 0 Å². The van der Waals surface area contributed by atoms with Crippen molar-refractivity contribution in [3.8, 4) is 6.07 Å². The molecule has 1 unspecified atom stereocenters. The zero-order valence-corrected chi connectivity index (χ0v) is 11.4. The smallest absolute Gasteiger partial charge is 0.121 e. The molecule has 0 amide bonds. The molecule has 0 radical (unpaired) electrons. The van der Waals surface area contributed by atoms with Crippen molar-refractivity contribution in [1.82, 2.24) is 5.32 Å². The largest absolute Gasteiger partial charge is 0.295 e. The van der Waals surface area contributed by atoms with Crippen molar-refractivity contribution in [2.45, 2.75) is 58.0 Å². The third-order valence-electron chi connectivity index (χ3n) is 3.88. The maximum Gasteiger partial charge on any atom is 0.121 e. The predicted molar refractivity (Wildman–Crippen MR) is 74.3 cm³/mol. The number of aryl methyl sites for hydroxylation is 2. The van der Waals surface area contributed by atoms with Crippen LogP contribution in [-0.2, 0) is 0 Å². The third kappa shape index (κ3) is 3.11. The van der Waals surface area contributed by atoms with Crippen LogP contribution < -0.4 is 5.32 Å². The molecule has 0 heterocycles. The van der Waals surface area contributed by atoms with E-state index in [1.54, 1.807) is 0 Å². The van der Waals surface area contributed by atoms with Crippen molar-refractivity contribution in [2.24, 2.45) is 0 Å². The van der Waals surface area contributed by atoms with Crippen molar-refractivity contribution in [2.75, 3.05) is 0 Å². The summed E-state index contributed by atoms with van der Waals surface area (Å²) in [6.07, 6.45) is 6.36. The van der Waals surface area contributed by atoms with Crippen LogP contribution in [-0.4, -0.2) is 6.04 Å². The van der Waals surface area contributed by atoms with Crippen LogP contribution in [0.25, 0.3) is 0 Å². The Morgan fingerprint density at radius 3 is 2.61 bits per heavy atom. The fourth-order valence-corrected chi connectivity index (χ4v) is 2.77. The Balaban J connectivity index is 2.12. The highest BCUT2D eigenvalue weighted by Crippen LogP contribution is 2.23. The Labute approximate surface area is 110 Å². The van der Waals surface area contributed by atoms with Gasteiger partial charge in [-0.3, -0.25) is 5.32 Å². The first-order chi connectivity index (χ1) is 8.70. The lowest BCUT2D eigenvalue weighted by molar-refractivity contribution is 0.359. The Morgan fingerprint density at radius 1 is 1.22 bits per heavy atom. The first-order valence-electron chi connectivity index (χ1n) is 6.93. The number of rotatable bonds is 3. The Kier molecular flexibility index (Phi) is 4.38. The van der Waals surface area contributed by atoms with E-state index < -0.39 is 0 Å². The van der Waals surface area contributed by atoms with E-state index in [1.807, 2.05) is 0 Å². The van der Waals surface area contributed by atoms with Gasteiger partial charge in [-0.05, 0) is 37.8 Å². The number of hydrogen-bond acceptors (Lipinski definition) is 2. The summed E-state index contributed by atoms with van der Waals surface area (Å²) in [7, 11) is 0. The molecular weight excluding hydrogens is 220 g/mol. The van der Waals surface area contributed by atoms with E-state index in [2.05, 4.69) is 43.4 Å². The lowest BCUT2D eigenvalue weighted by atomic mass is 9.93. The standard InChI is InChI=1S/C16H22N2/c1-12-8-9-13(2)15(10-12)16(11-17)18-14-6-4-3-5-7-14/h8-10,14,16,18H,3-7H2,1-2H3.